The Bertz CT molecular complexity index is 1240. The first kappa shape index (κ1) is 24.1. The molecule has 4 heterocycles. The zero-order chi connectivity index (χ0) is 24.5. The van der Waals surface area contributed by atoms with Crippen molar-refractivity contribution in [2.45, 2.75) is 63.9 Å². The number of hydrogen-bond acceptors (Lipinski definition) is 8. The summed E-state index contributed by atoms with van der Waals surface area (Å²) in [6, 6.07) is 5.86. The lowest BCUT2D eigenvalue weighted by Crippen LogP contribution is -2.44. The molecule has 3 aromatic rings. The van der Waals surface area contributed by atoms with Crippen molar-refractivity contribution in [2.75, 3.05) is 24.7 Å². The molecule has 1 aliphatic heterocycles. The molecule has 1 amide bonds. The smallest absolute Gasteiger partial charge is 0.410 e. The molecule has 0 bridgehead atoms. The quantitative estimate of drug-likeness (QED) is 0.432. The third kappa shape index (κ3) is 5.03. The van der Waals surface area contributed by atoms with Crippen molar-refractivity contribution in [3.63, 3.8) is 0 Å². The van der Waals surface area contributed by atoms with Crippen LogP contribution in [0.3, 0.4) is 0 Å². The molecule has 11 heteroatoms. The third-order valence-corrected chi connectivity index (χ3v) is 6.15. The van der Waals surface area contributed by atoms with Crippen LogP contribution in [0, 0.1) is 0 Å². The number of likely N-dealkylation sites (tertiary alicyclic amines) is 1. The Morgan fingerprint density at radius 1 is 1.24 bits per heavy atom. The lowest BCUT2D eigenvalue weighted by Gasteiger charge is -2.33. The molecule has 10 nitrogen and oxygen atoms in total. The average Bonchev–Trinajstić information content (AvgIpc) is 3.09. The Hall–Kier alpha value is -3.08. The summed E-state index contributed by atoms with van der Waals surface area (Å²) >= 11 is 1.43. The van der Waals surface area contributed by atoms with Crippen LogP contribution in [0.4, 0.5) is 10.6 Å². The third-order valence-electron chi connectivity index (χ3n) is 5.59. The second-order valence-corrected chi connectivity index (χ2v) is 9.97. The van der Waals surface area contributed by atoms with Gasteiger partial charge in [0.1, 0.15) is 16.8 Å². The summed E-state index contributed by atoms with van der Waals surface area (Å²) < 4.78 is 8.86. The number of hydrogen-bond donors (Lipinski definition) is 1. The molecule has 0 aliphatic carbocycles. The molecule has 0 unspecified atom stereocenters. The molecular weight excluding hydrogens is 454 g/mol. The minimum absolute atomic E-state index is 0.139. The number of piperidine rings is 1. The molecule has 0 atom stereocenters. The van der Waals surface area contributed by atoms with Gasteiger partial charge in [-0.25, -0.2) is 29.1 Å². The van der Waals surface area contributed by atoms with E-state index in [0.717, 1.165) is 12.8 Å². The molecule has 0 aromatic carbocycles. The molecule has 4 rings (SSSR count). The fourth-order valence-electron chi connectivity index (χ4n) is 3.99. The topological polar surface area (TPSA) is 107 Å². The molecule has 0 radical (unpaired) electrons. The number of anilines is 1. The van der Waals surface area contributed by atoms with Crippen molar-refractivity contribution in [2.24, 2.45) is 0 Å². The van der Waals surface area contributed by atoms with E-state index in [-0.39, 0.29) is 17.7 Å². The molecule has 1 fully saturated rings. The van der Waals surface area contributed by atoms with Gasteiger partial charge in [0, 0.05) is 31.9 Å². The monoisotopic (exact) mass is 485 g/mol. The van der Waals surface area contributed by atoms with E-state index in [1.165, 1.54) is 11.8 Å². The van der Waals surface area contributed by atoms with Gasteiger partial charge in [0.05, 0.1) is 0 Å². The van der Waals surface area contributed by atoms with E-state index in [2.05, 4.69) is 15.3 Å². The summed E-state index contributed by atoms with van der Waals surface area (Å²) in [7, 11) is 0. The summed E-state index contributed by atoms with van der Waals surface area (Å²) in [4.78, 5) is 40.6. The zero-order valence-electron chi connectivity index (χ0n) is 20.2. The first-order valence-electron chi connectivity index (χ1n) is 11.4. The lowest BCUT2D eigenvalue weighted by molar-refractivity contribution is 0.0210. The van der Waals surface area contributed by atoms with Crippen LogP contribution in [0.15, 0.2) is 34.3 Å². The summed E-state index contributed by atoms with van der Waals surface area (Å²) in [6.45, 7) is 9.26. The van der Waals surface area contributed by atoms with Crippen LogP contribution >= 0.6 is 11.8 Å². The van der Waals surface area contributed by atoms with Crippen LogP contribution in [0.1, 0.15) is 40.5 Å². The van der Waals surface area contributed by atoms with Crippen LogP contribution in [-0.4, -0.2) is 66.3 Å². The van der Waals surface area contributed by atoms with Gasteiger partial charge < -0.3 is 15.0 Å². The first-order valence-corrected chi connectivity index (χ1v) is 12.7. The molecule has 1 N–H and O–H groups in total. The number of fused-ring (bicyclic) bond motifs is 1. The van der Waals surface area contributed by atoms with Gasteiger partial charge in [0.15, 0.2) is 16.6 Å². The van der Waals surface area contributed by atoms with E-state index in [1.54, 1.807) is 20.5 Å². The van der Waals surface area contributed by atoms with Gasteiger partial charge in [0.2, 0.25) is 0 Å². The number of carbonyl (C=O) groups excluding carboxylic acids is 1. The zero-order valence-corrected chi connectivity index (χ0v) is 21.1. The number of rotatable bonds is 5. The maximum atomic E-state index is 12.9. The summed E-state index contributed by atoms with van der Waals surface area (Å²) in [6.07, 6.45) is 4.80. The maximum Gasteiger partial charge on any atom is 0.410 e. The predicted octanol–water partition coefficient (Wildman–Crippen LogP) is 3.53. The van der Waals surface area contributed by atoms with Gasteiger partial charge in [0.25, 0.3) is 5.56 Å². The molecule has 1 saturated heterocycles. The molecule has 3 aromatic heterocycles. The summed E-state index contributed by atoms with van der Waals surface area (Å²) in [5.74, 6) is 1.32. The van der Waals surface area contributed by atoms with E-state index >= 15 is 0 Å². The van der Waals surface area contributed by atoms with E-state index in [0.29, 0.717) is 47.5 Å². The Labute approximate surface area is 202 Å². The number of ether oxygens (including phenoxy) is 1. The fourth-order valence-corrected chi connectivity index (χ4v) is 4.33. The van der Waals surface area contributed by atoms with E-state index in [1.807, 2.05) is 52.1 Å². The highest BCUT2D eigenvalue weighted by molar-refractivity contribution is 7.98. The molecule has 0 saturated carbocycles. The number of amides is 1. The number of pyridine rings is 1. The van der Waals surface area contributed by atoms with Gasteiger partial charge in [-0.05, 0) is 58.9 Å². The second kappa shape index (κ2) is 9.65. The average molecular weight is 486 g/mol. The number of carbonyl (C=O) groups is 1. The minimum atomic E-state index is -0.500. The molecule has 182 valence electrons. The number of thioether (sulfide) groups is 1. The van der Waals surface area contributed by atoms with Crippen molar-refractivity contribution >= 4 is 34.7 Å². The Kier molecular flexibility index (Phi) is 6.83. The fraction of sp³-hybridized carbons (Fsp3) is 0.522. The highest BCUT2D eigenvalue weighted by Gasteiger charge is 2.27. The van der Waals surface area contributed by atoms with Crippen molar-refractivity contribution < 1.29 is 9.53 Å². The second-order valence-electron chi connectivity index (χ2n) is 9.19. The highest BCUT2D eigenvalue weighted by Crippen LogP contribution is 2.21. The summed E-state index contributed by atoms with van der Waals surface area (Å²) in [5, 5.41) is 4.55. The van der Waals surface area contributed by atoms with Crippen molar-refractivity contribution in [3.05, 3.63) is 34.7 Å². The van der Waals surface area contributed by atoms with Crippen molar-refractivity contribution in [1.29, 1.82) is 0 Å². The van der Waals surface area contributed by atoms with Crippen LogP contribution < -0.4 is 10.9 Å². The Morgan fingerprint density at radius 2 is 1.97 bits per heavy atom. The van der Waals surface area contributed by atoms with Crippen molar-refractivity contribution in [3.8, 4) is 5.82 Å². The van der Waals surface area contributed by atoms with E-state index in [4.69, 9.17) is 9.72 Å². The van der Waals surface area contributed by atoms with Gasteiger partial charge in [-0.3, -0.25) is 4.79 Å². The number of aromatic nitrogens is 5. The summed E-state index contributed by atoms with van der Waals surface area (Å²) in [5.41, 5.74) is -0.0960. The Balaban J connectivity index is 1.53. The van der Waals surface area contributed by atoms with Gasteiger partial charge in [-0.2, -0.15) is 0 Å². The lowest BCUT2D eigenvalue weighted by atomic mass is 10.1. The van der Waals surface area contributed by atoms with Gasteiger partial charge >= 0.3 is 6.09 Å². The van der Waals surface area contributed by atoms with Crippen LogP contribution in [0.5, 0.6) is 0 Å². The highest BCUT2D eigenvalue weighted by atomic mass is 32.2. The van der Waals surface area contributed by atoms with Crippen LogP contribution in [0.2, 0.25) is 0 Å². The van der Waals surface area contributed by atoms with Gasteiger partial charge in [-0.15, -0.1) is 0 Å². The van der Waals surface area contributed by atoms with E-state index in [9.17, 15) is 9.59 Å². The molecule has 1 aliphatic rings. The SMILES string of the molecule is CCn1c(=O)c2cnc(SC)nc2n1-c1cccc(NC2CCN(C(=O)OC(C)(C)C)CC2)n1. The standard InChI is InChI=1S/C23H31N7O3S/c1-6-29-20(31)16-14-24-21(34-5)27-19(16)30(29)18-9-7-8-17(26-18)25-15-10-12-28(13-11-15)22(32)33-23(2,3)4/h7-9,14-15H,6,10-13H2,1-5H3,(H,25,26). The number of nitrogens with one attached hydrogen (secondary N) is 1. The maximum absolute atomic E-state index is 12.9. The Morgan fingerprint density at radius 3 is 2.62 bits per heavy atom. The first-order chi connectivity index (χ1) is 16.2. The molecule has 34 heavy (non-hydrogen) atoms. The predicted molar refractivity (Wildman–Crippen MR) is 133 cm³/mol. The minimum Gasteiger partial charge on any atom is -0.444 e. The van der Waals surface area contributed by atoms with Gasteiger partial charge in [-0.1, -0.05) is 17.8 Å². The molecule has 0 spiro atoms. The van der Waals surface area contributed by atoms with Crippen LogP contribution in [0.25, 0.3) is 16.9 Å². The normalized spacial score (nSPS) is 15.0. The van der Waals surface area contributed by atoms with Crippen molar-refractivity contribution in [1.82, 2.24) is 29.2 Å². The number of nitrogens with zero attached hydrogens (tertiary/aromatic N) is 6. The van der Waals surface area contributed by atoms with E-state index < -0.39 is 5.60 Å². The molecular formula is C23H31N7O3S. The largest absolute Gasteiger partial charge is 0.444 e. The van der Waals surface area contributed by atoms with Crippen LogP contribution in [-0.2, 0) is 11.3 Å².